The van der Waals surface area contributed by atoms with E-state index in [-0.39, 0.29) is 5.97 Å². The number of benzene rings is 1. The van der Waals surface area contributed by atoms with Gasteiger partial charge in [-0.05, 0) is 44.4 Å². The fraction of sp³-hybridized carbons (Fsp3) is 0.474. The van der Waals surface area contributed by atoms with Crippen LogP contribution in [0.5, 0.6) is 5.75 Å². The van der Waals surface area contributed by atoms with Crippen molar-refractivity contribution in [2.75, 3.05) is 13.2 Å². The molecule has 25 heavy (non-hydrogen) atoms. The molecule has 0 saturated carbocycles. The van der Waals surface area contributed by atoms with Crippen LogP contribution in [0.25, 0.3) is 0 Å². The molecule has 1 aliphatic heterocycles. The van der Waals surface area contributed by atoms with Crippen LogP contribution < -0.4 is 10.1 Å². The van der Waals surface area contributed by atoms with E-state index in [1.807, 2.05) is 32.0 Å². The summed E-state index contributed by atoms with van der Waals surface area (Å²) in [5.41, 5.74) is 2.18. The first kappa shape index (κ1) is 19.4. The largest absolute Gasteiger partial charge is 0.493 e. The molecule has 0 fully saturated rings. The number of hydrogen-bond acceptors (Lipinski definition) is 6. The third-order valence-corrected chi connectivity index (χ3v) is 5.22. The van der Waals surface area contributed by atoms with Crippen molar-refractivity contribution in [1.82, 2.24) is 5.32 Å². The van der Waals surface area contributed by atoms with Gasteiger partial charge >= 0.3 is 5.97 Å². The topological polar surface area (TPSA) is 64.6 Å². The molecule has 136 valence electrons. The fourth-order valence-corrected chi connectivity index (χ4v) is 3.77. The van der Waals surface area contributed by atoms with Crippen molar-refractivity contribution in [1.29, 1.82) is 0 Å². The Labute approximate surface area is 153 Å². The quantitative estimate of drug-likeness (QED) is 0.587. The normalized spacial score (nSPS) is 19.8. The lowest BCUT2D eigenvalue weighted by Gasteiger charge is -2.26. The molecule has 6 heteroatoms. The van der Waals surface area contributed by atoms with Gasteiger partial charge in [-0.25, -0.2) is 4.79 Å². The van der Waals surface area contributed by atoms with Gasteiger partial charge in [0.1, 0.15) is 15.5 Å². The van der Waals surface area contributed by atoms with E-state index >= 15 is 0 Å². The molecule has 1 unspecified atom stereocenters. The highest BCUT2D eigenvalue weighted by molar-refractivity contribution is 8.05. The number of nitrogens with one attached hydrogen (secondary N) is 1. The molecule has 0 aromatic heterocycles. The molecule has 5 nitrogen and oxygen atoms in total. The summed E-state index contributed by atoms with van der Waals surface area (Å²) in [6.45, 7) is 10.6. The maximum absolute atomic E-state index is 12.1. The Hall–Kier alpha value is -1.95. The van der Waals surface area contributed by atoms with E-state index in [0.717, 1.165) is 17.5 Å². The number of allylic oxidation sites excluding steroid dienone is 1. The van der Waals surface area contributed by atoms with Crippen LogP contribution >= 0.6 is 11.8 Å². The van der Waals surface area contributed by atoms with Gasteiger partial charge in [0.25, 0.3) is 0 Å². The summed E-state index contributed by atoms with van der Waals surface area (Å²) in [7, 11) is 0. The van der Waals surface area contributed by atoms with Crippen molar-refractivity contribution in [2.24, 2.45) is 5.92 Å². The average Bonchev–Trinajstić information content (AvgIpc) is 2.89. The van der Waals surface area contributed by atoms with Gasteiger partial charge in [0.2, 0.25) is 0 Å². The van der Waals surface area contributed by atoms with E-state index in [1.165, 1.54) is 11.8 Å². The molecule has 1 heterocycles. The number of carbonyl (C=O) groups is 2. The number of aldehydes is 1. The summed E-state index contributed by atoms with van der Waals surface area (Å²) in [5, 5.41) is 3.34. The Balaban J connectivity index is 2.24. The number of ether oxygens (including phenoxy) is 2. The number of rotatable bonds is 7. The van der Waals surface area contributed by atoms with Crippen LogP contribution in [0.2, 0.25) is 0 Å². The smallest absolute Gasteiger partial charge is 0.346 e. The van der Waals surface area contributed by atoms with E-state index < -0.39 is 4.87 Å². The van der Waals surface area contributed by atoms with Gasteiger partial charge < -0.3 is 14.8 Å². The van der Waals surface area contributed by atoms with Gasteiger partial charge in [0.15, 0.2) is 6.29 Å². The van der Waals surface area contributed by atoms with Crippen LogP contribution in [0.3, 0.4) is 0 Å². The molecule has 1 aromatic rings. The van der Waals surface area contributed by atoms with Crippen LogP contribution in [-0.2, 0) is 14.4 Å². The van der Waals surface area contributed by atoms with Crippen molar-refractivity contribution in [3.05, 3.63) is 39.9 Å². The molecule has 0 bridgehead atoms. The summed E-state index contributed by atoms with van der Waals surface area (Å²) in [6, 6.07) is 5.54. The highest BCUT2D eigenvalue weighted by Crippen LogP contribution is 2.46. The Morgan fingerprint density at radius 2 is 2.12 bits per heavy atom. The first-order valence-corrected chi connectivity index (χ1v) is 9.20. The first-order valence-electron chi connectivity index (χ1n) is 8.38. The van der Waals surface area contributed by atoms with Gasteiger partial charge in [-0.2, -0.15) is 0 Å². The predicted octanol–water partition coefficient (Wildman–Crippen LogP) is 3.84. The molecular formula is C19H25NO4S. The van der Waals surface area contributed by atoms with E-state index in [4.69, 9.17) is 9.47 Å². The lowest BCUT2D eigenvalue weighted by Crippen LogP contribution is -2.31. The van der Waals surface area contributed by atoms with Crippen LogP contribution in [0.1, 0.15) is 50.5 Å². The average molecular weight is 363 g/mol. The standard InChI is InChI=1S/C19H25NO4S/c1-6-23-18(22)17-13(4)20-19(5,25-17)15-7-8-16(14(9-15)10-21)24-11-12(2)3/h7-10,12,20H,6,11H2,1-5H3. The van der Waals surface area contributed by atoms with Crippen molar-refractivity contribution in [2.45, 2.75) is 39.5 Å². The van der Waals surface area contributed by atoms with Crippen LogP contribution in [0.4, 0.5) is 0 Å². The van der Waals surface area contributed by atoms with Crippen molar-refractivity contribution < 1.29 is 19.1 Å². The number of carbonyl (C=O) groups excluding carboxylic acids is 2. The fourth-order valence-electron chi connectivity index (χ4n) is 2.57. The van der Waals surface area contributed by atoms with Crippen LogP contribution in [0, 0.1) is 5.92 Å². The molecule has 2 rings (SSSR count). The third-order valence-electron chi connectivity index (χ3n) is 3.79. The van der Waals surface area contributed by atoms with Gasteiger partial charge in [-0.1, -0.05) is 31.7 Å². The zero-order chi connectivity index (χ0) is 18.6. The molecule has 0 aliphatic carbocycles. The zero-order valence-corrected chi connectivity index (χ0v) is 16.2. The SMILES string of the molecule is CCOC(=O)C1=C(C)NC(C)(c2ccc(OCC(C)C)c(C=O)c2)S1. The summed E-state index contributed by atoms with van der Waals surface area (Å²) in [6.07, 6.45) is 0.800. The lowest BCUT2D eigenvalue weighted by atomic mass is 10.0. The van der Waals surface area contributed by atoms with Crippen LogP contribution in [-0.4, -0.2) is 25.5 Å². The lowest BCUT2D eigenvalue weighted by molar-refractivity contribution is -0.137. The highest BCUT2D eigenvalue weighted by atomic mass is 32.2. The summed E-state index contributed by atoms with van der Waals surface area (Å²) < 4.78 is 10.8. The molecule has 0 radical (unpaired) electrons. The molecule has 0 amide bonds. The van der Waals surface area contributed by atoms with E-state index in [2.05, 4.69) is 19.2 Å². The van der Waals surface area contributed by atoms with Crippen LogP contribution in [0.15, 0.2) is 28.8 Å². The minimum absolute atomic E-state index is 0.325. The monoisotopic (exact) mass is 363 g/mol. The maximum atomic E-state index is 12.1. The second-order valence-electron chi connectivity index (χ2n) is 6.51. The van der Waals surface area contributed by atoms with E-state index in [9.17, 15) is 9.59 Å². The highest BCUT2D eigenvalue weighted by Gasteiger charge is 2.38. The molecule has 0 saturated heterocycles. The van der Waals surface area contributed by atoms with Crippen molar-refractivity contribution in [3.8, 4) is 5.75 Å². The predicted molar refractivity (Wildman–Crippen MR) is 99.6 cm³/mol. The number of esters is 1. The Bertz CT molecular complexity index is 699. The maximum Gasteiger partial charge on any atom is 0.346 e. The molecule has 1 aliphatic rings. The minimum atomic E-state index is -0.541. The van der Waals surface area contributed by atoms with Gasteiger partial charge in [0, 0.05) is 5.70 Å². The molecule has 1 atom stereocenters. The number of hydrogen-bond donors (Lipinski definition) is 1. The van der Waals surface area contributed by atoms with E-state index in [0.29, 0.717) is 35.3 Å². The second kappa shape index (κ2) is 7.95. The summed E-state index contributed by atoms with van der Waals surface area (Å²) >= 11 is 1.40. The van der Waals surface area contributed by atoms with E-state index in [1.54, 1.807) is 6.92 Å². The molecule has 1 aromatic carbocycles. The van der Waals surface area contributed by atoms with Gasteiger partial charge in [-0.15, -0.1) is 0 Å². The second-order valence-corrected chi connectivity index (χ2v) is 7.94. The van der Waals surface area contributed by atoms with Gasteiger partial charge in [-0.3, -0.25) is 4.79 Å². The molecule has 0 spiro atoms. The molecule has 1 N–H and O–H groups in total. The third kappa shape index (κ3) is 4.37. The minimum Gasteiger partial charge on any atom is -0.493 e. The van der Waals surface area contributed by atoms with Crippen molar-refractivity contribution in [3.63, 3.8) is 0 Å². The first-order chi connectivity index (χ1) is 11.8. The number of thioether (sulfide) groups is 1. The Morgan fingerprint density at radius 3 is 2.72 bits per heavy atom. The van der Waals surface area contributed by atoms with Gasteiger partial charge in [0.05, 0.1) is 18.8 Å². The Kier molecular flexibility index (Phi) is 6.16. The summed E-state index contributed by atoms with van der Waals surface area (Å²) in [4.78, 5) is 23.6. The zero-order valence-electron chi connectivity index (χ0n) is 15.3. The molecular weight excluding hydrogens is 338 g/mol. The van der Waals surface area contributed by atoms with Crippen molar-refractivity contribution >= 4 is 24.0 Å². The summed E-state index contributed by atoms with van der Waals surface area (Å²) in [5.74, 6) is 0.630. The Morgan fingerprint density at radius 1 is 1.40 bits per heavy atom.